The number of hydrogen-bond acceptors (Lipinski definition) is 2. The molecule has 5 heteroatoms. The first-order valence-electron chi connectivity index (χ1n) is 6.46. The van der Waals surface area contributed by atoms with Gasteiger partial charge in [-0.2, -0.15) is 0 Å². The van der Waals surface area contributed by atoms with Crippen molar-refractivity contribution in [2.24, 2.45) is 0 Å². The lowest BCUT2D eigenvalue weighted by Gasteiger charge is -2.19. The van der Waals surface area contributed by atoms with Crippen LogP contribution in [0.2, 0.25) is 0 Å². The van der Waals surface area contributed by atoms with Gasteiger partial charge in [0.1, 0.15) is 6.61 Å². The Morgan fingerprint density at radius 2 is 1.40 bits per heavy atom. The van der Waals surface area contributed by atoms with Crippen molar-refractivity contribution < 1.29 is 18.7 Å². The zero-order valence-electron chi connectivity index (χ0n) is 12.5. The first kappa shape index (κ1) is 16.6. The fourth-order valence-electron chi connectivity index (χ4n) is 2.19. The minimum atomic E-state index is -3.30. The smallest absolute Gasteiger partial charge is 0.287 e. The number of benzene rings is 1. The quantitative estimate of drug-likeness (QED) is 0.893. The summed E-state index contributed by atoms with van der Waals surface area (Å²) in [5, 5.41) is 10.7. The van der Waals surface area contributed by atoms with Gasteiger partial charge >= 0.3 is 0 Å². The van der Waals surface area contributed by atoms with Crippen molar-refractivity contribution in [3.8, 4) is 0 Å². The van der Waals surface area contributed by atoms with Gasteiger partial charge in [0.25, 0.3) is 11.8 Å². The Balaban J connectivity index is 3.12. The SMILES string of the molecule is Cc1c(C)c(C)c(C(=O)NCC(F)(F)CO)c(C)c1C. The van der Waals surface area contributed by atoms with Gasteiger partial charge in [0.05, 0.1) is 6.54 Å². The van der Waals surface area contributed by atoms with Gasteiger partial charge in [0, 0.05) is 5.56 Å². The normalized spacial score (nSPS) is 11.6. The highest BCUT2D eigenvalue weighted by Crippen LogP contribution is 2.26. The van der Waals surface area contributed by atoms with Crippen LogP contribution in [0.3, 0.4) is 0 Å². The molecule has 1 aromatic carbocycles. The lowest BCUT2D eigenvalue weighted by atomic mass is 9.89. The minimum absolute atomic E-state index is 0.444. The predicted molar refractivity (Wildman–Crippen MR) is 74.5 cm³/mol. The summed E-state index contributed by atoms with van der Waals surface area (Å²) in [7, 11) is 0. The van der Waals surface area contributed by atoms with Crippen LogP contribution in [0.1, 0.15) is 38.2 Å². The highest BCUT2D eigenvalue weighted by Gasteiger charge is 2.29. The number of halogens is 2. The predicted octanol–water partition coefficient (Wildman–Crippen LogP) is 2.59. The Hall–Kier alpha value is -1.49. The van der Waals surface area contributed by atoms with E-state index in [4.69, 9.17) is 5.11 Å². The zero-order valence-corrected chi connectivity index (χ0v) is 12.5. The number of alkyl halides is 2. The van der Waals surface area contributed by atoms with Crippen molar-refractivity contribution in [1.29, 1.82) is 0 Å². The molecule has 1 rings (SSSR count). The monoisotopic (exact) mass is 285 g/mol. The van der Waals surface area contributed by atoms with Gasteiger partial charge in [-0.25, -0.2) is 8.78 Å². The highest BCUT2D eigenvalue weighted by molar-refractivity contribution is 5.98. The summed E-state index contributed by atoms with van der Waals surface area (Å²) in [5.74, 6) is -3.83. The Bertz CT molecular complexity index is 510. The molecule has 0 unspecified atom stereocenters. The maximum Gasteiger partial charge on any atom is 0.287 e. The largest absolute Gasteiger partial charge is 0.390 e. The third-order valence-electron chi connectivity index (χ3n) is 3.97. The second kappa shape index (κ2) is 5.87. The fraction of sp³-hybridized carbons (Fsp3) is 0.533. The molecule has 0 heterocycles. The Labute approximate surface area is 118 Å². The molecule has 1 amide bonds. The minimum Gasteiger partial charge on any atom is -0.390 e. The first-order chi connectivity index (χ1) is 9.12. The highest BCUT2D eigenvalue weighted by atomic mass is 19.3. The van der Waals surface area contributed by atoms with E-state index in [0.717, 1.165) is 27.8 Å². The molecule has 0 radical (unpaired) electrons. The third-order valence-corrected chi connectivity index (χ3v) is 3.97. The molecule has 3 nitrogen and oxygen atoms in total. The molecule has 0 aliphatic carbocycles. The summed E-state index contributed by atoms with van der Waals surface area (Å²) in [6.07, 6.45) is 0. The summed E-state index contributed by atoms with van der Waals surface area (Å²) in [6.45, 7) is 7.28. The molecule has 0 atom stereocenters. The van der Waals surface area contributed by atoms with Crippen molar-refractivity contribution in [2.75, 3.05) is 13.2 Å². The molecule has 1 aromatic rings. The van der Waals surface area contributed by atoms with E-state index in [1.165, 1.54) is 0 Å². The van der Waals surface area contributed by atoms with Crippen molar-refractivity contribution in [1.82, 2.24) is 5.32 Å². The number of nitrogens with one attached hydrogen (secondary N) is 1. The molecule has 112 valence electrons. The first-order valence-corrected chi connectivity index (χ1v) is 6.46. The summed E-state index contributed by atoms with van der Waals surface area (Å²) in [4.78, 5) is 12.1. The van der Waals surface area contributed by atoms with Gasteiger partial charge in [0.2, 0.25) is 0 Å². The van der Waals surface area contributed by atoms with Gasteiger partial charge in [-0.3, -0.25) is 4.79 Å². The molecule has 20 heavy (non-hydrogen) atoms. The van der Waals surface area contributed by atoms with Crippen LogP contribution in [-0.4, -0.2) is 30.1 Å². The maximum absolute atomic E-state index is 13.0. The van der Waals surface area contributed by atoms with Gasteiger partial charge in [0.15, 0.2) is 0 Å². The number of carbonyl (C=O) groups is 1. The average molecular weight is 285 g/mol. The van der Waals surface area contributed by atoms with Crippen LogP contribution in [0, 0.1) is 34.6 Å². The molecule has 0 spiro atoms. The van der Waals surface area contributed by atoms with Crippen LogP contribution in [-0.2, 0) is 0 Å². The van der Waals surface area contributed by atoms with Crippen molar-refractivity contribution >= 4 is 5.91 Å². The van der Waals surface area contributed by atoms with Crippen LogP contribution in [0.15, 0.2) is 0 Å². The van der Waals surface area contributed by atoms with Crippen LogP contribution in [0.25, 0.3) is 0 Å². The summed E-state index contributed by atoms with van der Waals surface area (Å²) >= 11 is 0. The Morgan fingerprint density at radius 3 is 1.80 bits per heavy atom. The molecule has 0 bridgehead atoms. The van der Waals surface area contributed by atoms with E-state index in [1.807, 2.05) is 34.6 Å². The van der Waals surface area contributed by atoms with E-state index in [1.54, 1.807) is 0 Å². The number of carbonyl (C=O) groups excluding carboxylic acids is 1. The van der Waals surface area contributed by atoms with Crippen LogP contribution >= 0.6 is 0 Å². The van der Waals surface area contributed by atoms with Crippen molar-refractivity contribution in [3.05, 3.63) is 33.4 Å². The fourth-order valence-corrected chi connectivity index (χ4v) is 2.19. The van der Waals surface area contributed by atoms with Gasteiger partial charge in [-0.15, -0.1) is 0 Å². The van der Waals surface area contributed by atoms with Crippen LogP contribution < -0.4 is 5.32 Å². The number of rotatable bonds is 4. The molecule has 0 saturated carbocycles. The Kier molecular flexibility index (Phi) is 4.86. The molecule has 2 N–H and O–H groups in total. The van der Waals surface area contributed by atoms with E-state index in [9.17, 15) is 13.6 Å². The number of aliphatic hydroxyl groups excluding tert-OH is 1. The topological polar surface area (TPSA) is 49.3 Å². The van der Waals surface area contributed by atoms with E-state index >= 15 is 0 Å². The second-order valence-electron chi connectivity index (χ2n) is 5.20. The summed E-state index contributed by atoms with van der Waals surface area (Å²) < 4.78 is 26.0. The molecule has 0 aromatic heterocycles. The second-order valence-corrected chi connectivity index (χ2v) is 5.20. The zero-order chi connectivity index (χ0) is 15.7. The Morgan fingerprint density at radius 1 is 1.00 bits per heavy atom. The van der Waals surface area contributed by atoms with Gasteiger partial charge in [-0.05, 0) is 62.4 Å². The molecule has 0 fully saturated rings. The summed E-state index contributed by atoms with van der Waals surface area (Å²) in [5.41, 5.74) is 5.14. The van der Waals surface area contributed by atoms with Crippen molar-refractivity contribution in [2.45, 2.75) is 40.5 Å². The molecule has 0 aliphatic rings. The molecular formula is C15H21F2NO2. The van der Waals surface area contributed by atoms with E-state index in [2.05, 4.69) is 5.32 Å². The standard InChI is InChI=1S/C15H21F2NO2/c1-8-9(2)11(4)13(12(5)10(8)3)14(20)18-6-15(16,17)7-19/h19H,6-7H2,1-5H3,(H,18,20). The van der Waals surface area contributed by atoms with Crippen LogP contribution in [0.4, 0.5) is 8.78 Å². The maximum atomic E-state index is 13.0. The van der Waals surface area contributed by atoms with Gasteiger partial charge < -0.3 is 10.4 Å². The number of amides is 1. The summed E-state index contributed by atoms with van der Waals surface area (Å²) in [6, 6.07) is 0. The lowest BCUT2D eigenvalue weighted by Crippen LogP contribution is -2.39. The van der Waals surface area contributed by atoms with Gasteiger partial charge in [-0.1, -0.05) is 0 Å². The van der Waals surface area contributed by atoms with E-state index in [0.29, 0.717) is 5.56 Å². The number of aliphatic hydroxyl groups is 1. The molecular weight excluding hydrogens is 264 g/mol. The third kappa shape index (κ3) is 3.15. The van der Waals surface area contributed by atoms with E-state index < -0.39 is 25.0 Å². The lowest BCUT2D eigenvalue weighted by molar-refractivity contribution is -0.0462. The molecule has 0 saturated heterocycles. The molecule has 0 aliphatic heterocycles. The van der Waals surface area contributed by atoms with Crippen molar-refractivity contribution in [3.63, 3.8) is 0 Å². The average Bonchev–Trinajstić information content (AvgIpc) is 2.41. The van der Waals surface area contributed by atoms with Crippen LogP contribution in [0.5, 0.6) is 0 Å². The number of hydrogen-bond donors (Lipinski definition) is 2. The van der Waals surface area contributed by atoms with E-state index in [-0.39, 0.29) is 0 Å².